The van der Waals surface area contributed by atoms with Crippen molar-refractivity contribution in [3.05, 3.63) is 53.7 Å². The number of rotatable bonds is 6. The van der Waals surface area contributed by atoms with Crippen molar-refractivity contribution in [1.29, 1.82) is 0 Å². The van der Waals surface area contributed by atoms with Crippen LogP contribution in [0.3, 0.4) is 0 Å². The number of nitrogens with one attached hydrogen (secondary N) is 1. The van der Waals surface area contributed by atoms with Crippen molar-refractivity contribution in [1.82, 2.24) is 30.5 Å². The number of amides is 1. The molecule has 1 aliphatic rings. The summed E-state index contributed by atoms with van der Waals surface area (Å²) in [5.41, 5.74) is 2.44. The molecule has 0 atom stereocenters. The van der Waals surface area contributed by atoms with Crippen LogP contribution in [0.1, 0.15) is 42.9 Å². The molecule has 1 aliphatic carbocycles. The standard InChI is InChI=1S/C20H21FN6O/c1-12(2)7-19-24-25-26-27(19)17-9-13(18-6-3-15(21)11-22-18)8-14(10-17)20(28)23-16-4-5-16/h3,6,8-12,16H,4-5,7H2,1-2H3,(H,23,28). The van der Waals surface area contributed by atoms with Crippen LogP contribution in [0.25, 0.3) is 16.9 Å². The molecule has 1 aromatic carbocycles. The first-order chi connectivity index (χ1) is 13.5. The zero-order valence-corrected chi connectivity index (χ0v) is 15.8. The second-order valence-corrected chi connectivity index (χ2v) is 7.48. The van der Waals surface area contributed by atoms with E-state index in [0.29, 0.717) is 40.7 Å². The minimum absolute atomic E-state index is 0.147. The Kier molecular flexibility index (Phi) is 4.85. The molecule has 144 valence electrons. The first-order valence-electron chi connectivity index (χ1n) is 9.35. The van der Waals surface area contributed by atoms with Crippen LogP contribution in [0.5, 0.6) is 0 Å². The maximum Gasteiger partial charge on any atom is 0.251 e. The molecule has 0 unspecified atom stereocenters. The molecule has 0 saturated heterocycles. The number of hydrogen-bond donors (Lipinski definition) is 1. The van der Waals surface area contributed by atoms with Gasteiger partial charge in [0.15, 0.2) is 5.82 Å². The number of carbonyl (C=O) groups excluding carboxylic acids is 1. The van der Waals surface area contributed by atoms with Crippen LogP contribution in [-0.2, 0) is 6.42 Å². The molecule has 3 aromatic rings. The third-order valence-electron chi connectivity index (χ3n) is 4.49. The van der Waals surface area contributed by atoms with Crippen LogP contribution in [0.15, 0.2) is 36.5 Å². The first-order valence-corrected chi connectivity index (χ1v) is 9.35. The van der Waals surface area contributed by atoms with E-state index in [0.717, 1.165) is 19.0 Å². The number of hydrogen-bond acceptors (Lipinski definition) is 5. The normalized spacial score (nSPS) is 13.7. The highest BCUT2D eigenvalue weighted by atomic mass is 19.1. The lowest BCUT2D eigenvalue weighted by Crippen LogP contribution is -2.25. The Balaban J connectivity index is 1.78. The van der Waals surface area contributed by atoms with Crippen molar-refractivity contribution >= 4 is 5.91 Å². The molecule has 1 saturated carbocycles. The molecule has 4 rings (SSSR count). The number of aromatic nitrogens is 5. The lowest BCUT2D eigenvalue weighted by atomic mass is 10.0. The Labute approximate surface area is 162 Å². The van der Waals surface area contributed by atoms with Gasteiger partial charge >= 0.3 is 0 Å². The third-order valence-corrected chi connectivity index (χ3v) is 4.49. The van der Waals surface area contributed by atoms with Crippen molar-refractivity contribution < 1.29 is 9.18 Å². The summed E-state index contributed by atoms with van der Waals surface area (Å²) in [6, 6.07) is 8.56. The average molecular weight is 380 g/mol. The molecular weight excluding hydrogens is 359 g/mol. The molecule has 7 nitrogen and oxygen atoms in total. The molecule has 0 spiro atoms. The Bertz CT molecular complexity index is 994. The molecule has 8 heteroatoms. The topological polar surface area (TPSA) is 85.6 Å². The van der Waals surface area contributed by atoms with E-state index in [1.807, 2.05) is 6.07 Å². The number of pyridine rings is 1. The molecule has 1 fully saturated rings. The van der Waals surface area contributed by atoms with Crippen LogP contribution in [0, 0.1) is 11.7 Å². The van der Waals surface area contributed by atoms with Crippen molar-refractivity contribution in [2.24, 2.45) is 5.92 Å². The van der Waals surface area contributed by atoms with Gasteiger partial charge in [0.1, 0.15) is 5.82 Å². The zero-order valence-electron chi connectivity index (χ0n) is 15.8. The van der Waals surface area contributed by atoms with Crippen molar-refractivity contribution in [2.45, 2.75) is 39.2 Å². The van der Waals surface area contributed by atoms with Crippen molar-refractivity contribution in [2.75, 3.05) is 0 Å². The van der Waals surface area contributed by atoms with E-state index in [1.54, 1.807) is 22.9 Å². The summed E-state index contributed by atoms with van der Waals surface area (Å²) in [5, 5.41) is 15.0. The van der Waals surface area contributed by atoms with E-state index in [2.05, 4.69) is 39.7 Å². The number of carbonyl (C=O) groups is 1. The lowest BCUT2D eigenvalue weighted by Gasteiger charge is -2.12. The van der Waals surface area contributed by atoms with Crippen LogP contribution in [-0.4, -0.2) is 37.1 Å². The second-order valence-electron chi connectivity index (χ2n) is 7.48. The van der Waals surface area contributed by atoms with Gasteiger partial charge in [0.05, 0.1) is 17.6 Å². The van der Waals surface area contributed by atoms with Crippen molar-refractivity contribution in [3.8, 4) is 16.9 Å². The van der Waals surface area contributed by atoms with E-state index in [-0.39, 0.29) is 11.9 Å². The van der Waals surface area contributed by atoms with Crippen molar-refractivity contribution in [3.63, 3.8) is 0 Å². The monoisotopic (exact) mass is 380 g/mol. The molecule has 2 aromatic heterocycles. The Hall–Kier alpha value is -3.16. The van der Waals surface area contributed by atoms with Gasteiger partial charge in [-0.1, -0.05) is 13.8 Å². The summed E-state index contributed by atoms with van der Waals surface area (Å²) in [5.74, 6) is 0.537. The SMILES string of the molecule is CC(C)Cc1nnnn1-c1cc(C(=O)NC2CC2)cc(-c2ccc(F)cn2)c1. The van der Waals surface area contributed by atoms with Gasteiger partial charge in [-0.3, -0.25) is 9.78 Å². The highest BCUT2D eigenvalue weighted by molar-refractivity contribution is 5.96. The van der Waals surface area contributed by atoms with Crippen LogP contribution in [0.2, 0.25) is 0 Å². The van der Waals surface area contributed by atoms with E-state index in [1.165, 1.54) is 6.07 Å². The molecule has 28 heavy (non-hydrogen) atoms. The van der Waals surface area contributed by atoms with Crippen LogP contribution < -0.4 is 5.32 Å². The maximum atomic E-state index is 13.3. The van der Waals surface area contributed by atoms with Gasteiger partial charge in [0.2, 0.25) is 0 Å². The van der Waals surface area contributed by atoms with Gasteiger partial charge < -0.3 is 5.32 Å². The summed E-state index contributed by atoms with van der Waals surface area (Å²) in [7, 11) is 0. The summed E-state index contributed by atoms with van der Waals surface area (Å²) < 4.78 is 14.9. The third kappa shape index (κ3) is 4.05. The number of nitrogens with zero attached hydrogens (tertiary/aromatic N) is 5. The highest BCUT2D eigenvalue weighted by Crippen LogP contribution is 2.25. The fraction of sp³-hybridized carbons (Fsp3) is 0.350. The highest BCUT2D eigenvalue weighted by Gasteiger charge is 2.24. The Morgan fingerprint density at radius 2 is 2.11 bits per heavy atom. The van der Waals surface area contributed by atoms with E-state index in [9.17, 15) is 9.18 Å². The minimum Gasteiger partial charge on any atom is -0.349 e. The number of benzene rings is 1. The Morgan fingerprint density at radius 3 is 2.79 bits per heavy atom. The fourth-order valence-electron chi connectivity index (χ4n) is 2.95. The molecule has 1 amide bonds. The zero-order chi connectivity index (χ0) is 19.7. The molecule has 0 radical (unpaired) electrons. The molecule has 1 N–H and O–H groups in total. The van der Waals surface area contributed by atoms with Gasteiger partial charge in [0.25, 0.3) is 5.91 Å². The van der Waals surface area contributed by atoms with Crippen LogP contribution in [0.4, 0.5) is 4.39 Å². The summed E-state index contributed by atoms with van der Waals surface area (Å²) in [6.45, 7) is 4.18. The van der Waals surface area contributed by atoms with Gasteiger partial charge in [0, 0.05) is 23.6 Å². The van der Waals surface area contributed by atoms with E-state index >= 15 is 0 Å². The summed E-state index contributed by atoms with van der Waals surface area (Å²) >= 11 is 0. The largest absolute Gasteiger partial charge is 0.349 e. The molecule has 2 heterocycles. The van der Waals surface area contributed by atoms with Gasteiger partial charge in [-0.15, -0.1) is 5.10 Å². The summed E-state index contributed by atoms with van der Waals surface area (Å²) in [4.78, 5) is 16.8. The lowest BCUT2D eigenvalue weighted by molar-refractivity contribution is 0.0951. The molecule has 0 bridgehead atoms. The van der Waals surface area contributed by atoms with E-state index in [4.69, 9.17) is 0 Å². The minimum atomic E-state index is -0.411. The first kappa shape index (κ1) is 18.2. The maximum absolute atomic E-state index is 13.3. The average Bonchev–Trinajstić information content (AvgIpc) is 3.37. The predicted octanol–water partition coefficient (Wildman–Crippen LogP) is 2.95. The van der Waals surface area contributed by atoms with Gasteiger partial charge in [-0.2, -0.15) is 4.68 Å². The number of tetrazole rings is 1. The van der Waals surface area contributed by atoms with Crippen LogP contribution >= 0.6 is 0 Å². The second kappa shape index (κ2) is 7.46. The number of halogens is 1. The Morgan fingerprint density at radius 1 is 1.29 bits per heavy atom. The van der Waals surface area contributed by atoms with Gasteiger partial charge in [-0.25, -0.2) is 4.39 Å². The molecular formula is C20H21FN6O. The smallest absolute Gasteiger partial charge is 0.251 e. The molecule has 0 aliphatic heterocycles. The fourth-order valence-corrected chi connectivity index (χ4v) is 2.95. The quantitative estimate of drug-likeness (QED) is 0.711. The predicted molar refractivity (Wildman–Crippen MR) is 101 cm³/mol. The van der Waals surface area contributed by atoms with E-state index < -0.39 is 5.82 Å². The van der Waals surface area contributed by atoms with Gasteiger partial charge in [-0.05, 0) is 59.5 Å². The summed E-state index contributed by atoms with van der Waals surface area (Å²) in [6.07, 6.45) is 3.87.